The number of hydrogen-bond donors (Lipinski definition) is 1. The lowest BCUT2D eigenvalue weighted by Crippen LogP contribution is -2.16. The number of rotatable bonds is 6. The zero-order chi connectivity index (χ0) is 14.5. The van der Waals surface area contributed by atoms with Crippen LogP contribution in [0.1, 0.15) is 10.4 Å². The lowest BCUT2D eigenvalue weighted by atomic mass is 10.1. The van der Waals surface area contributed by atoms with Crippen molar-refractivity contribution in [2.75, 3.05) is 19.4 Å². The summed E-state index contributed by atoms with van der Waals surface area (Å²) in [4.78, 5) is 14.0. The van der Waals surface area contributed by atoms with Gasteiger partial charge in [-0.15, -0.1) is 11.3 Å². The average Bonchev–Trinajstić information content (AvgIpc) is 2.90. The summed E-state index contributed by atoms with van der Waals surface area (Å²) < 4.78 is 0. The minimum absolute atomic E-state index is 0.108. The minimum Gasteiger partial charge on any atom is -0.383 e. The molecule has 0 aliphatic rings. The topological polar surface area (TPSA) is 58.4 Å². The largest absolute Gasteiger partial charge is 0.383 e. The summed E-state index contributed by atoms with van der Waals surface area (Å²) in [6, 6.07) is 9.35. The van der Waals surface area contributed by atoms with Crippen LogP contribution in [0.3, 0.4) is 0 Å². The van der Waals surface area contributed by atoms with Gasteiger partial charge in [-0.2, -0.15) is 0 Å². The Hall–Kier alpha value is -1.92. The molecule has 0 radical (unpaired) electrons. The van der Waals surface area contributed by atoms with Crippen LogP contribution in [-0.4, -0.2) is 23.9 Å². The molecule has 106 valence electrons. The van der Waals surface area contributed by atoms with Crippen molar-refractivity contribution in [3.8, 4) is 0 Å². The number of anilines is 1. The van der Waals surface area contributed by atoms with Crippen LogP contribution in [0.15, 0.2) is 35.7 Å². The third-order valence-corrected chi connectivity index (χ3v) is 3.85. The molecule has 0 saturated heterocycles. The smallest absolute Gasteiger partial charge is 0.292 e. The van der Waals surface area contributed by atoms with Crippen LogP contribution in [0.4, 0.5) is 11.4 Å². The van der Waals surface area contributed by atoms with E-state index in [1.807, 2.05) is 25.2 Å². The second-order valence-electron chi connectivity index (χ2n) is 4.61. The molecule has 0 spiro atoms. The van der Waals surface area contributed by atoms with Crippen molar-refractivity contribution >= 4 is 22.7 Å². The monoisotopic (exact) mass is 291 g/mol. The Balaban J connectivity index is 2.07. The summed E-state index contributed by atoms with van der Waals surface area (Å²) in [7, 11) is 3.74. The molecular formula is C14H17N3O2S. The van der Waals surface area contributed by atoms with Gasteiger partial charge >= 0.3 is 0 Å². The number of nitrogens with one attached hydrogen (secondary N) is 1. The first-order valence-corrected chi connectivity index (χ1v) is 7.14. The molecule has 0 fully saturated rings. The Morgan fingerprint density at radius 3 is 2.75 bits per heavy atom. The Morgan fingerprint density at radius 2 is 2.15 bits per heavy atom. The lowest BCUT2D eigenvalue weighted by molar-refractivity contribution is -0.384. The molecule has 0 atom stereocenters. The van der Waals surface area contributed by atoms with Crippen LogP contribution in [0, 0.1) is 10.1 Å². The van der Waals surface area contributed by atoms with Crippen LogP contribution in [0.2, 0.25) is 0 Å². The maximum atomic E-state index is 10.9. The van der Waals surface area contributed by atoms with Crippen LogP contribution in [0.25, 0.3) is 0 Å². The number of nitro groups is 1. The zero-order valence-electron chi connectivity index (χ0n) is 11.5. The lowest BCUT2D eigenvalue weighted by Gasteiger charge is -2.16. The highest BCUT2D eigenvalue weighted by molar-refractivity contribution is 7.09. The fourth-order valence-corrected chi connectivity index (χ4v) is 2.86. The van der Waals surface area contributed by atoms with Crippen LogP contribution in [0.5, 0.6) is 0 Å². The number of nitro benzene ring substituents is 1. The highest BCUT2D eigenvalue weighted by atomic mass is 32.1. The molecule has 0 amide bonds. The Kier molecular flexibility index (Phi) is 4.70. The highest BCUT2D eigenvalue weighted by Gasteiger charge is 2.13. The number of hydrogen-bond acceptors (Lipinski definition) is 5. The second kappa shape index (κ2) is 6.49. The fourth-order valence-electron chi connectivity index (χ4n) is 2.08. The maximum Gasteiger partial charge on any atom is 0.292 e. The molecule has 0 unspecified atom stereocenters. The molecule has 2 rings (SSSR count). The molecule has 1 N–H and O–H groups in total. The predicted octanol–water partition coefficient (Wildman–Crippen LogP) is 3.33. The van der Waals surface area contributed by atoms with E-state index in [0.29, 0.717) is 5.69 Å². The van der Waals surface area contributed by atoms with E-state index in [1.54, 1.807) is 24.5 Å². The number of thiophene rings is 1. The second-order valence-corrected chi connectivity index (χ2v) is 5.64. The van der Waals surface area contributed by atoms with Gasteiger partial charge in [-0.3, -0.25) is 15.0 Å². The van der Waals surface area contributed by atoms with Crippen LogP contribution >= 0.6 is 11.3 Å². The summed E-state index contributed by atoms with van der Waals surface area (Å²) in [5.74, 6) is 0. The fraction of sp³-hybridized carbons (Fsp3) is 0.286. The van der Waals surface area contributed by atoms with Gasteiger partial charge in [0.1, 0.15) is 5.69 Å². The molecule has 6 heteroatoms. The Morgan fingerprint density at radius 1 is 1.35 bits per heavy atom. The first-order valence-electron chi connectivity index (χ1n) is 6.26. The van der Waals surface area contributed by atoms with E-state index < -0.39 is 0 Å². The van der Waals surface area contributed by atoms with E-state index in [4.69, 9.17) is 0 Å². The van der Waals surface area contributed by atoms with Gasteiger partial charge in [0.25, 0.3) is 5.69 Å². The molecule has 5 nitrogen and oxygen atoms in total. The molecule has 20 heavy (non-hydrogen) atoms. The van der Waals surface area contributed by atoms with Gasteiger partial charge in [-0.25, -0.2) is 0 Å². The predicted molar refractivity (Wildman–Crippen MR) is 82.1 cm³/mol. The molecule has 0 bridgehead atoms. The number of benzene rings is 1. The third-order valence-electron chi connectivity index (χ3n) is 2.99. The average molecular weight is 291 g/mol. The van der Waals surface area contributed by atoms with Crippen LogP contribution < -0.4 is 5.32 Å². The molecule has 0 aliphatic heterocycles. The molecule has 0 saturated carbocycles. The van der Waals surface area contributed by atoms with E-state index in [0.717, 1.165) is 18.7 Å². The van der Waals surface area contributed by atoms with Gasteiger partial charge in [0.05, 0.1) is 4.92 Å². The van der Waals surface area contributed by atoms with Gasteiger partial charge in [-0.1, -0.05) is 12.1 Å². The van der Waals surface area contributed by atoms with Crippen molar-refractivity contribution in [2.45, 2.75) is 13.1 Å². The molecule has 0 aliphatic carbocycles. The molecule has 1 aromatic heterocycles. The molecule has 1 aromatic carbocycles. The summed E-state index contributed by atoms with van der Waals surface area (Å²) in [5, 5.41) is 15.8. The summed E-state index contributed by atoms with van der Waals surface area (Å²) in [6.45, 7) is 1.63. The van der Waals surface area contributed by atoms with Gasteiger partial charge in [0.15, 0.2) is 0 Å². The van der Waals surface area contributed by atoms with Crippen molar-refractivity contribution in [2.24, 2.45) is 0 Å². The van der Waals surface area contributed by atoms with Crippen molar-refractivity contribution in [1.82, 2.24) is 4.90 Å². The normalized spacial score (nSPS) is 10.8. The zero-order valence-corrected chi connectivity index (χ0v) is 12.3. The Labute approximate surface area is 122 Å². The van der Waals surface area contributed by atoms with Crippen molar-refractivity contribution in [3.63, 3.8) is 0 Å². The van der Waals surface area contributed by atoms with Crippen molar-refractivity contribution < 1.29 is 4.92 Å². The number of nitrogens with zero attached hydrogens (tertiary/aromatic N) is 2. The van der Waals surface area contributed by atoms with E-state index in [-0.39, 0.29) is 10.6 Å². The van der Waals surface area contributed by atoms with E-state index >= 15 is 0 Å². The van der Waals surface area contributed by atoms with Gasteiger partial charge in [-0.05, 0) is 30.1 Å². The molecule has 1 heterocycles. The van der Waals surface area contributed by atoms with Crippen molar-refractivity contribution in [3.05, 3.63) is 56.3 Å². The van der Waals surface area contributed by atoms with Crippen molar-refractivity contribution in [1.29, 1.82) is 0 Å². The summed E-state index contributed by atoms with van der Waals surface area (Å²) >= 11 is 1.73. The van der Waals surface area contributed by atoms with Gasteiger partial charge in [0.2, 0.25) is 0 Å². The standard InChI is InChI=1S/C14H17N3O2S/c1-15-13-8-11(5-6-14(13)17(18)19)9-16(2)10-12-4-3-7-20-12/h3-8,15H,9-10H2,1-2H3. The summed E-state index contributed by atoms with van der Waals surface area (Å²) in [5.41, 5.74) is 1.72. The van der Waals surface area contributed by atoms with E-state index in [9.17, 15) is 10.1 Å². The van der Waals surface area contributed by atoms with Gasteiger partial charge in [0, 0.05) is 31.1 Å². The molecule has 2 aromatic rings. The Bertz CT molecular complexity index is 584. The third kappa shape index (κ3) is 3.55. The van der Waals surface area contributed by atoms with E-state index in [1.165, 1.54) is 4.88 Å². The van der Waals surface area contributed by atoms with Crippen LogP contribution in [-0.2, 0) is 13.1 Å². The quantitative estimate of drug-likeness (QED) is 0.655. The maximum absolute atomic E-state index is 10.9. The minimum atomic E-state index is -0.370. The first-order chi connectivity index (χ1) is 9.60. The SMILES string of the molecule is CNc1cc(CN(C)Cc2cccs2)ccc1[N+](=O)[O-]. The van der Waals surface area contributed by atoms with E-state index in [2.05, 4.69) is 21.7 Å². The highest BCUT2D eigenvalue weighted by Crippen LogP contribution is 2.25. The first kappa shape index (κ1) is 14.5. The summed E-state index contributed by atoms with van der Waals surface area (Å²) in [6.07, 6.45) is 0. The van der Waals surface area contributed by atoms with Gasteiger partial charge < -0.3 is 5.32 Å². The molecular weight excluding hydrogens is 274 g/mol.